The van der Waals surface area contributed by atoms with E-state index in [4.69, 9.17) is 4.74 Å². The predicted octanol–water partition coefficient (Wildman–Crippen LogP) is 3.10. The van der Waals surface area contributed by atoms with Crippen LogP contribution >= 0.6 is 0 Å². The highest BCUT2D eigenvalue weighted by molar-refractivity contribution is 5.40. The first-order chi connectivity index (χ1) is 11.7. The normalized spacial score (nSPS) is 20.8. The summed E-state index contributed by atoms with van der Waals surface area (Å²) in [6.07, 6.45) is 7.72. The lowest BCUT2D eigenvalue weighted by atomic mass is 9.94. The molecule has 0 aliphatic carbocycles. The molecule has 1 saturated heterocycles. The topological polar surface area (TPSA) is 72.0 Å². The molecule has 128 valence electrons. The summed E-state index contributed by atoms with van der Waals surface area (Å²) in [5, 5.41) is 6.78. The molecule has 0 amide bonds. The van der Waals surface area contributed by atoms with Gasteiger partial charge in [-0.3, -0.25) is 4.98 Å². The standard InChI is InChI=1S/C18H25N5O/c1-13(2)17-15(4-3-11-24-17)22-18-20-10-7-16(23-18)21-12-14-5-8-19-9-6-14/h5-10,13,15,17H,3-4,11-12H2,1-2H3,(H2,20,21,22,23)/t15-,17-/m1/s1. The van der Waals surface area contributed by atoms with E-state index in [1.165, 1.54) is 5.56 Å². The van der Waals surface area contributed by atoms with Gasteiger partial charge in [0.05, 0.1) is 12.1 Å². The Bertz CT molecular complexity index is 634. The van der Waals surface area contributed by atoms with Gasteiger partial charge < -0.3 is 15.4 Å². The Labute approximate surface area is 143 Å². The third-order valence-corrected chi connectivity index (χ3v) is 4.22. The van der Waals surface area contributed by atoms with Gasteiger partial charge in [-0.15, -0.1) is 0 Å². The number of nitrogens with zero attached hydrogens (tertiary/aromatic N) is 3. The Balaban J connectivity index is 1.62. The third-order valence-electron chi connectivity index (χ3n) is 4.22. The van der Waals surface area contributed by atoms with Crippen molar-refractivity contribution < 1.29 is 4.74 Å². The molecule has 6 nitrogen and oxygen atoms in total. The molecular weight excluding hydrogens is 302 g/mol. The van der Waals surface area contributed by atoms with Crippen LogP contribution in [-0.4, -0.2) is 33.7 Å². The zero-order valence-electron chi connectivity index (χ0n) is 14.3. The lowest BCUT2D eigenvalue weighted by Crippen LogP contribution is -2.43. The molecule has 1 fully saturated rings. The first-order valence-electron chi connectivity index (χ1n) is 8.56. The summed E-state index contributed by atoms with van der Waals surface area (Å²) in [6.45, 7) is 5.94. The molecule has 0 radical (unpaired) electrons. The molecule has 2 aromatic heterocycles. The molecule has 0 saturated carbocycles. The minimum Gasteiger partial charge on any atom is -0.376 e. The van der Waals surface area contributed by atoms with Crippen LogP contribution in [-0.2, 0) is 11.3 Å². The largest absolute Gasteiger partial charge is 0.376 e. The highest BCUT2D eigenvalue weighted by Gasteiger charge is 2.28. The molecule has 0 bridgehead atoms. The number of aromatic nitrogens is 3. The first-order valence-corrected chi connectivity index (χ1v) is 8.56. The first kappa shape index (κ1) is 16.6. The lowest BCUT2D eigenvalue weighted by molar-refractivity contribution is -0.0203. The second kappa shape index (κ2) is 8.06. The monoisotopic (exact) mass is 327 g/mol. The maximum Gasteiger partial charge on any atom is 0.224 e. The van der Waals surface area contributed by atoms with Crippen LogP contribution in [0.3, 0.4) is 0 Å². The van der Waals surface area contributed by atoms with E-state index in [0.29, 0.717) is 18.4 Å². The van der Waals surface area contributed by atoms with Gasteiger partial charge in [0.15, 0.2) is 0 Å². The summed E-state index contributed by atoms with van der Waals surface area (Å²) in [5.41, 5.74) is 1.17. The predicted molar refractivity (Wildman–Crippen MR) is 94.8 cm³/mol. The highest BCUT2D eigenvalue weighted by atomic mass is 16.5. The number of ether oxygens (including phenoxy) is 1. The Hall–Kier alpha value is -2.21. The minimum absolute atomic E-state index is 0.204. The van der Waals surface area contributed by atoms with Gasteiger partial charge in [-0.05, 0) is 42.5 Å². The number of nitrogens with one attached hydrogen (secondary N) is 2. The summed E-state index contributed by atoms with van der Waals surface area (Å²) in [5.74, 6) is 1.92. The van der Waals surface area contributed by atoms with Crippen LogP contribution in [0.4, 0.5) is 11.8 Å². The van der Waals surface area contributed by atoms with Crippen molar-refractivity contribution in [2.24, 2.45) is 5.92 Å². The van der Waals surface area contributed by atoms with Crippen LogP contribution in [0.15, 0.2) is 36.8 Å². The van der Waals surface area contributed by atoms with Crippen LogP contribution in [0.2, 0.25) is 0 Å². The molecule has 2 aromatic rings. The van der Waals surface area contributed by atoms with E-state index in [2.05, 4.69) is 39.4 Å². The van der Waals surface area contributed by atoms with Crippen LogP contribution in [0.1, 0.15) is 32.3 Å². The van der Waals surface area contributed by atoms with Gasteiger partial charge in [-0.1, -0.05) is 13.8 Å². The van der Waals surface area contributed by atoms with Crippen molar-refractivity contribution in [1.29, 1.82) is 0 Å². The second-order valence-electron chi connectivity index (χ2n) is 6.45. The maximum absolute atomic E-state index is 5.92. The zero-order valence-corrected chi connectivity index (χ0v) is 14.3. The Morgan fingerprint density at radius 2 is 2.04 bits per heavy atom. The van der Waals surface area contributed by atoms with Crippen molar-refractivity contribution in [2.45, 2.75) is 45.4 Å². The number of pyridine rings is 1. The SMILES string of the molecule is CC(C)[C@H]1OCCC[C@H]1Nc1nccc(NCc2ccncc2)n1. The summed E-state index contributed by atoms with van der Waals surface area (Å²) in [4.78, 5) is 13.0. The summed E-state index contributed by atoms with van der Waals surface area (Å²) >= 11 is 0. The summed E-state index contributed by atoms with van der Waals surface area (Å²) in [6, 6.07) is 6.11. The van der Waals surface area contributed by atoms with Crippen molar-refractivity contribution in [3.63, 3.8) is 0 Å². The smallest absolute Gasteiger partial charge is 0.224 e. The van der Waals surface area contributed by atoms with Crippen LogP contribution < -0.4 is 10.6 Å². The third kappa shape index (κ3) is 4.41. The quantitative estimate of drug-likeness (QED) is 0.849. The summed E-state index contributed by atoms with van der Waals surface area (Å²) < 4.78 is 5.92. The zero-order chi connectivity index (χ0) is 16.8. The maximum atomic E-state index is 5.92. The average Bonchev–Trinajstić information content (AvgIpc) is 2.61. The molecule has 2 atom stereocenters. The van der Waals surface area contributed by atoms with Gasteiger partial charge in [-0.25, -0.2) is 4.98 Å². The number of anilines is 2. The molecule has 0 unspecified atom stereocenters. The van der Waals surface area contributed by atoms with E-state index in [0.717, 1.165) is 25.3 Å². The fraction of sp³-hybridized carbons (Fsp3) is 0.500. The molecule has 0 aromatic carbocycles. The van der Waals surface area contributed by atoms with Gasteiger partial charge in [0.25, 0.3) is 0 Å². The van der Waals surface area contributed by atoms with E-state index in [-0.39, 0.29) is 12.1 Å². The molecule has 1 aliphatic rings. The van der Waals surface area contributed by atoms with E-state index in [1.807, 2.05) is 18.2 Å². The van der Waals surface area contributed by atoms with Gasteiger partial charge in [-0.2, -0.15) is 4.98 Å². The molecule has 6 heteroatoms. The van der Waals surface area contributed by atoms with Crippen molar-refractivity contribution in [1.82, 2.24) is 15.0 Å². The van der Waals surface area contributed by atoms with E-state index < -0.39 is 0 Å². The van der Waals surface area contributed by atoms with Crippen molar-refractivity contribution in [2.75, 3.05) is 17.2 Å². The van der Waals surface area contributed by atoms with Crippen molar-refractivity contribution in [3.05, 3.63) is 42.4 Å². The Morgan fingerprint density at radius 3 is 2.83 bits per heavy atom. The number of rotatable bonds is 6. The fourth-order valence-corrected chi connectivity index (χ4v) is 3.00. The Morgan fingerprint density at radius 1 is 1.21 bits per heavy atom. The Kier molecular flexibility index (Phi) is 5.59. The molecule has 2 N–H and O–H groups in total. The minimum atomic E-state index is 0.204. The molecule has 24 heavy (non-hydrogen) atoms. The molecular formula is C18H25N5O. The molecule has 3 rings (SSSR count). The van der Waals surface area contributed by atoms with Gasteiger partial charge >= 0.3 is 0 Å². The second-order valence-corrected chi connectivity index (χ2v) is 6.45. The highest BCUT2D eigenvalue weighted by Crippen LogP contribution is 2.23. The van der Waals surface area contributed by atoms with E-state index >= 15 is 0 Å². The number of hydrogen-bond donors (Lipinski definition) is 2. The van der Waals surface area contributed by atoms with Gasteiger partial charge in [0.2, 0.25) is 5.95 Å². The van der Waals surface area contributed by atoms with E-state index in [1.54, 1.807) is 18.6 Å². The van der Waals surface area contributed by atoms with Gasteiger partial charge in [0.1, 0.15) is 5.82 Å². The van der Waals surface area contributed by atoms with Crippen LogP contribution in [0, 0.1) is 5.92 Å². The fourth-order valence-electron chi connectivity index (χ4n) is 3.00. The van der Waals surface area contributed by atoms with Gasteiger partial charge in [0, 0.05) is 31.7 Å². The van der Waals surface area contributed by atoms with Crippen molar-refractivity contribution >= 4 is 11.8 Å². The van der Waals surface area contributed by atoms with Crippen LogP contribution in [0.25, 0.3) is 0 Å². The molecule has 0 spiro atoms. The van der Waals surface area contributed by atoms with Crippen molar-refractivity contribution in [3.8, 4) is 0 Å². The van der Waals surface area contributed by atoms with Crippen LogP contribution in [0.5, 0.6) is 0 Å². The molecule has 3 heterocycles. The lowest BCUT2D eigenvalue weighted by Gasteiger charge is -2.34. The average molecular weight is 327 g/mol. The number of hydrogen-bond acceptors (Lipinski definition) is 6. The molecule has 1 aliphatic heterocycles. The van der Waals surface area contributed by atoms with E-state index in [9.17, 15) is 0 Å². The summed E-state index contributed by atoms with van der Waals surface area (Å²) in [7, 11) is 0.